The molecule has 88 valence electrons. The van der Waals surface area contributed by atoms with Crippen molar-refractivity contribution in [2.75, 3.05) is 18.5 Å². The van der Waals surface area contributed by atoms with Gasteiger partial charge in [0.05, 0.1) is 28.8 Å². The van der Waals surface area contributed by atoms with Crippen molar-refractivity contribution in [1.29, 1.82) is 0 Å². The van der Waals surface area contributed by atoms with E-state index in [1.165, 1.54) is 0 Å². The minimum atomic E-state index is -0.229. The fourth-order valence-corrected chi connectivity index (χ4v) is 1.54. The molecule has 0 spiro atoms. The first-order valence-corrected chi connectivity index (χ1v) is 5.74. The Bertz CT molecular complexity index is 369. The summed E-state index contributed by atoms with van der Waals surface area (Å²) < 4.78 is 4.80. The lowest BCUT2D eigenvalue weighted by Gasteiger charge is -2.08. The van der Waals surface area contributed by atoms with Crippen LogP contribution in [0.1, 0.15) is 13.3 Å². The van der Waals surface area contributed by atoms with E-state index in [4.69, 9.17) is 27.9 Å². The van der Waals surface area contributed by atoms with Crippen molar-refractivity contribution < 1.29 is 9.53 Å². The van der Waals surface area contributed by atoms with Crippen molar-refractivity contribution in [2.24, 2.45) is 0 Å². The average molecular weight is 262 g/mol. The van der Waals surface area contributed by atoms with Gasteiger partial charge >= 0.3 is 5.97 Å². The molecule has 1 N–H and O–H groups in total. The second-order valence-corrected chi connectivity index (χ2v) is 3.87. The number of benzene rings is 1. The molecule has 0 heterocycles. The van der Waals surface area contributed by atoms with Gasteiger partial charge < -0.3 is 10.1 Å². The summed E-state index contributed by atoms with van der Waals surface area (Å²) in [5.41, 5.74) is 0.721. The molecule has 0 unspecified atom stereocenters. The highest BCUT2D eigenvalue weighted by molar-refractivity contribution is 6.43. The summed E-state index contributed by atoms with van der Waals surface area (Å²) in [7, 11) is 0. The zero-order chi connectivity index (χ0) is 12.0. The van der Waals surface area contributed by atoms with Crippen LogP contribution >= 0.6 is 23.2 Å². The van der Waals surface area contributed by atoms with Gasteiger partial charge in [0.25, 0.3) is 0 Å². The lowest BCUT2D eigenvalue weighted by Crippen LogP contribution is -2.11. The van der Waals surface area contributed by atoms with Crippen molar-refractivity contribution in [3.05, 3.63) is 28.2 Å². The van der Waals surface area contributed by atoms with Crippen LogP contribution in [0.2, 0.25) is 10.0 Å². The van der Waals surface area contributed by atoms with E-state index in [0.717, 1.165) is 5.69 Å². The number of carbonyl (C=O) groups excluding carboxylic acids is 1. The number of rotatable bonds is 5. The fraction of sp³-hybridized carbons (Fsp3) is 0.364. The van der Waals surface area contributed by atoms with Gasteiger partial charge in [-0.3, -0.25) is 4.79 Å². The number of carbonyl (C=O) groups is 1. The number of nitrogens with one attached hydrogen (secondary N) is 1. The number of anilines is 1. The van der Waals surface area contributed by atoms with Gasteiger partial charge in [-0.15, -0.1) is 0 Å². The van der Waals surface area contributed by atoms with Gasteiger partial charge in [-0.2, -0.15) is 0 Å². The lowest BCUT2D eigenvalue weighted by atomic mass is 10.3. The predicted molar refractivity (Wildman–Crippen MR) is 66.2 cm³/mol. The van der Waals surface area contributed by atoms with Crippen LogP contribution in [0, 0.1) is 0 Å². The second kappa shape index (κ2) is 6.61. The van der Waals surface area contributed by atoms with Crippen molar-refractivity contribution in [2.45, 2.75) is 13.3 Å². The average Bonchev–Trinajstić information content (AvgIpc) is 2.25. The number of ether oxygens (including phenoxy) is 1. The highest BCUT2D eigenvalue weighted by Gasteiger charge is 2.05. The summed E-state index contributed by atoms with van der Waals surface area (Å²) in [5.74, 6) is -0.229. The predicted octanol–water partition coefficient (Wildman–Crippen LogP) is 3.36. The topological polar surface area (TPSA) is 38.3 Å². The van der Waals surface area contributed by atoms with Crippen LogP contribution in [0.15, 0.2) is 18.2 Å². The summed E-state index contributed by atoms with van der Waals surface area (Å²) in [6, 6.07) is 5.31. The molecule has 1 rings (SSSR count). The Morgan fingerprint density at radius 1 is 1.44 bits per heavy atom. The van der Waals surface area contributed by atoms with Crippen LogP contribution in [-0.4, -0.2) is 19.1 Å². The third-order valence-corrected chi connectivity index (χ3v) is 2.72. The van der Waals surface area contributed by atoms with Crippen molar-refractivity contribution >= 4 is 34.9 Å². The summed E-state index contributed by atoms with van der Waals surface area (Å²) in [5, 5.41) is 3.98. The molecule has 0 aliphatic heterocycles. The highest BCUT2D eigenvalue weighted by atomic mass is 35.5. The summed E-state index contributed by atoms with van der Waals surface area (Å²) >= 11 is 11.8. The molecule has 5 heteroatoms. The van der Waals surface area contributed by atoms with Gasteiger partial charge in [0.2, 0.25) is 0 Å². The van der Waals surface area contributed by atoms with E-state index in [9.17, 15) is 4.79 Å². The van der Waals surface area contributed by atoms with Gasteiger partial charge in [-0.1, -0.05) is 29.3 Å². The van der Waals surface area contributed by atoms with Crippen molar-refractivity contribution in [3.63, 3.8) is 0 Å². The molecule has 0 saturated heterocycles. The highest BCUT2D eigenvalue weighted by Crippen LogP contribution is 2.29. The molecular weight excluding hydrogens is 249 g/mol. The van der Waals surface area contributed by atoms with Crippen LogP contribution in [0.3, 0.4) is 0 Å². The van der Waals surface area contributed by atoms with Crippen LogP contribution in [0.5, 0.6) is 0 Å². The third-order valence-electron chi connectivity index (χ3n) is 1.90. The fourth-order valence-electron chi connectivity index (χ4n) is 1.17. The number of hydrogen-bond acceptors (Lipinski definition) is 3. The maximum Gasteiger partial charge on any atom is 0.307 e. The molecule has 0 atom stereocenters. The first-order valence-electron chi connectivity index (χ1n) is 4.98. The van der Waals surface area contributed by atoms with E-state index >= 15 is 0 Å². The monoisotopic (exact) mass is 261 g/mol. The number of esters is 1. The molecule has 0 bridgehead atoms. The summed E-state index contributed by atoms with van der Waals surface area (Å²) in [6.45, 7) is 2.65. The Morgan fingerprint density at radius 3 is 2.88 bits per heavy atom. The number of hydrogen-bond donors (Lipinski definition) is 1. The first-order chi connectivity index (χ1) is 7.65. The normalized spacial score (nSPS) is 9.94. The Morgan fingerprint density at radius 2 is 2.19 bits per heavy atom. The molecule has 3 nitrogen and oxygen atoms in total. The van der Waals surface area contributed by atoms with Gasteiger partial charge in [0.15, 0.2) is 0 Å². The minimum absolute atomic E-state index is 0.229. The molecule has 16 heavy (non-hydrogen) atoms. The summed E-state index contributed by atoms with van der Waals surface area (Å²) in [6.07, 6.45) is 0.302. The van der Waals surface area contributed by atoms with E-state index < -0.39 is 0 Å². The van der Waals surface area contributed by atoms with Gasteiger partial charge in [-0.05, 0) is 19.1 Å². The third kappa shape index (κ3) is 3.91. The van der Waals surface area contributed by atoms with E-state index in [1.807, 2.05) is 0 Å². The van der Waals surface area contributed by atoms with Crippen molar-refractivity contribution in [1.82, 2.24) is 0 Å². The minimum Gasteiger partial charge on any atom is -0.466 e. The van der Waals surface area contributed by atoms with E-state index in [0.29, 0.717) is 29.6 Å². The standard InChI is InChI=1S/C11H13Cl2NO2/c1-2-16-10(15)6-7-14-9-5-3-4-8(12)11(9)13/h3-5,14H,2,6-7H2,1H3. The summed E-state index contributed by atoms with van der Waals surface area (Å²) in [4.78, 5) is 11.1. The molecule has 0 aliphatic carbocycles. The van der Waals surface area contributed by atoms with Crippen LogP contribution in [0.4, 0.5) is 5.69 Å². The largest absolute Gasteiger partial charge is 0.466 e. The quantitative estimate of drug-likeness (QED) is 0.827. The maximum atomic E-state index is 11.1. The van der Waals surface area contributed by atoms with Crippen molar-refractivity contribution in [3.8, 4) is 0 Å². The van der Waals surface area contributed by atoms with Crippen LogP contribution in [0.25, 0.3) is 0 Å². The van der Waals surface area contributed by atoms with E-state index in [-0.39, 0.29) is 5.97 Å². The molecule has 0 aliphatic rings. The Kier molecular flexibility index (Phi) is 5.43. The van der Waals surface area contributed by atoms with Gasteiger partial charge in [0.1, 0.15) is 0 Å². The maximum absolute atomic E-state index is 11.1. The van der Waals surface area contributed by atoms with Crippen LogP contribution in [-0.2, 0) is 9.53 Å². The molecule has 0 saturated carbocycles. The first kappa shape index (κ1) is 13.1. The number of halogens is 2. The Balaban J connectivity index is 2.43. The molecule has 0 fully saturated rings. The van der Waals surface area contributed by atoms with Gasteiger partial charge in [0, 0.05) is 6.54 Å². The lowest BCUT2D eigenvalue weighted by molar-refractivity contribution is -0.142. The van der Waals surface area contributed by atoms with E-state index in [2.05, 4.69) is 5.32 Å². The molecule has 0 radical (unpaired) electrons. The van der Waals surface area contributed by atoms with Crippen LogP contribution < -0.4 is 5.32 Å². The molecule has 0 amide bonds. The molecular formula is C11H13Cl2NO2. The molecule has 1 aromatic rings. The molecule has 1 aromatic carbocycles. The SMILES string of the molecule is CCOC(=O)CCNc1cccc(Cl)c1Cl. The zero-order valence-corrected chi connectivity index (χ0v) is 10.4. The smallest absolute Gasteiger partial charge is 0.307 e. The van der Waals surface area contributed by atoms with Gasteiger partial charge in [-0.25, -0.2) is 0 Å². The molecule has 0 aromatic heterocycles. The Hall–Kier alpha value is -0.930. The second-order valence-electron chi connectivity index (χ2n) is 3.08. The Labute approximate surface area is 105 Å². The zero-order valence-electron chi connectivity index (χ0n) is 8.93. The van der Waals surface area contributed by atoms with E-state index in [1.54, 1.807) is 25.1 Å².